The average molecular weight is 180 g/mol. The third-order valence-corrected chi connectivity index (χ3v) is 2.36. The lowest BCUT2D eigenvalue weighted by Crippen LogP contribution is -2.26. The van der Waals surface area contributed by atoms with Gasteiger partial charge in [-0.15, -0.1) is 0 Å². The van der Waals surface area contributed by atoms with Crippen molar-refractivity contribution in [2.75, 3.05) is 0 Å². The van der Waals surface area contributed by atoms with Gasteiger partial charge >= 0.3 is 0 Å². The highest BCUT2D eigenvalue weighted by Gasteiger charge is 2.23. The first-order valence-corrected chi connectivity index (χ1v) is 4.58. The Morgan fingerprint density at radius 1 is 1.62 bits per heavy atom. The fraction of sp³-hybridized carbons (Fsp3) is 0.545. The van der Waals surface area contributed by atoms with Gasteiger partial charge in [0.05, 0.1) is 0 Å². The van der Waals surface area contributed by atoms with Crippen LogP contribution in [0.25, 0.3) is 0 Å². The monoisotopic (exact) mass is 180 g/mol. The number of allylic oxidation sites excluding steroid dienone is 2. The molecule has 0 aromatic carbocycles. The summed E-state index contributed by atoms with van der Waals surface area (Å²) in [6.07, 6.45) is 6.90. The predicted molar refractivity (Wildman–Crippen MR) is 52.2 cm³/mol. The molecule has 0 aromatic heterocycles. The lowest BCUT2D eigenvalue weighted by molar-refractivity contribution is -0.137. The van der Waals surface area contributed by atoms with E-state index < -0.39 is 5.60 Å². The van der Waals surface area contributed by atoms with Crippen molar-refractivity contribution in [3.8, 4) is 0 Å². The number of ether oxygens (including phenoxy) is 1. The van der Waals surface area contributed by atoms with Gasteiger partial charge in [0.25, 0.3) is 6.47 Å². The van der Waals surface area contributed by atoms with E-state index in [0.29, 0.717) is 12.4 Å². The standard InChI is InChI=1S/C11H16O2/c1-9(2)10-4-6-11(3,7-5-10)13-8-12/h4-6,8-9H,7H2,1-3H3. The van der Waals surface area contributed by atoms with Crippen LogP contribution >= 0.6 is 0 Å². The van der Waals surface area contributed by atoms with Crippen molar-refractivity contribution >= 4 is 6.47 Å². The molecule has 0 bridgehead atoms. The smallest absolute Gasteiger partial charge is 0.293 e. The second-order valence-electron chi connectivity index (χ2n) is 3.92. The van der Waals surface area contributed by atoms with Crippen molar-refractivity contribution in [2.24, 2.45) is 5.92 Å². The Labute approximate surface area is 79.3 Å². The maximum absolute atomic E-state index is 10.2. The Hall–Kier alpha value is -1.05. The first-order chi connectivity index (χ1) is 6.07. The van der Waals surface area contributed by atoms with Crippen LogP contribution in [0.5, 0.6) is 0 Å². The zero-order valence-electron chi connectivity index (χ0n) is 8.41. The first-order valence-electron chi connectivity index (χ1n) is 4.58. The second-order valence-corrected chi connectivity index (χ2v) is 3.92. The van der Waals surface area contributed by atoms with Gasteiger partial charge in [0.1, 0.15) is 5.60 Å². The molecular formula is C11H16O2. The van der Waals surface area contributed by atoms with Crippen LogP contribution in [0.1, 0.15) is 27.2 Å². The lowest BCUT2D eigenvalue weighted by atomic mass is 9.89. The van der Waals surface area contributed by atoms with E-state index in [0.717, 1.165) is 6.42 Å². The summed E-state index contributed by atoms with van der Waals surface area (Å²) in [5.41, 5.74) is 0.882. The Morgan fingerprint density at radius 3 is 2.69 bits per heavy atom. The Bertz CT molecular complexity index is 251. The van der Waals surface area contributed by atoms with Crippen molar-refractivity contribution in [1.82, 2.24) is 0 Å². The van der Waals surface area contributed by atoms with Crippen LogP contribution in [0.15, 0.2) is 23.8 Å². The van der Waals surface area contributed by atoms with Crippen LogP contribution in [-0.2, 0) is 9.53 Å². The quantitative estimate of drug-likeness (QED) is 0.623. The summed E-state index contributed by atoms with van der Waals surface area (Å²) in [6, 6.07) is 0. The Balaban J connectivity index is 2.66. The highest BCUT2D eigenvalue weighted by molar-refractivity contribution is 5.41. The van der Waals surface area contributed by atoms with Gasteiger partial charge in [-0.25, -0.2) is 0 Å². The molecule has 2 nitrogen and oxygen atoms in total. The van der Waals surface area contributed by atoms with Crippen molar-refractivity contribution in [2.45, 2.75) is 32.8 Å². The summed E-state index contributed by atoms with van der Waals surface area (Å²) >= 11 is 0. The molecule has 1 aliphatic rings. The molecule has 1 rings (SSSR count). The van der Waals surface area contributed by atoms with E-state index in [4.69, 9.17) is 4.74 Å². The minimum atomic E-state index is -0.430. The second kappa shape index (κ2) is 3.77. The van der Waals surface area contributed by atoms with E-state index in [1.165, 1.54) is 5.57 Å². The molecule has 0 saturated heterocycles. The Kier molecular flexibility index (Phi) is 2.91. The van der Waals surface area contributed by atoms with Gasteiger partial charge in [-0.1, -0.05) is 26.0 Å². The molecule has 0 radical (unpaired) electrons. The van der Waals surface area contributed by atoms with E-state index in [9.17, 15) is 4.79 Å². The zero-order chi connectivity index (χ0) is 9.90. The summed E-state index contributed by atoms with van der Waals surface area (Å²) in [4.78, 5) is 10.2. The molecule has 2 heteroatoms. The van der Waals surface area contributed by atoms with Gasteiger partial charge in [-0.2, -0.15) is 0 Å². The maximum atomic E-state index is 10.2. The van der Waals surface area contributed by atoms with Crippen LogP contribution in [0.3, 0.4) is 0 Å². The predicted octanol–water partition coefficient (Wildman–Crippen LogP) is 2.46. The maximum Gasteiger partial charge on any atom is 0.293 e. The average Bonchev–Trinajstić information content (AvgIpc) is 2.05. The third-order valence-electron chi connectivity index (χ3n) is 2.36. The van der Waals surface area contributed by atoms with Crippen molar-refractivity contribution in [3.63, 3.8) is 0 Å². The third kappa shape index (κ3) is 2.44. The van der Waals surface area contributed by atoms with E-state index in [2.05, 4.69) is 19.9 Å². The molecular weight excluding hydrogens is 164 g/mol. The molecule has 0 heterocycles. The Morgan fingerprint density at radius 2 is 2.31 bits per heavy atom. The van der Waals surface area contributed by atoms with E-state index in [1.807, 2.05) is 19.1 Å². The first kappa shape index (κ1) is 10.0. The van der Waals surface area contributed by atoms with Gasteiger partial charge in [-0.3, -0.25) is 4.79 Å². The number of rotatable bonds is 3. The molecule has 0 aromatic rings. The molecule has 0 spiro atoms. The molecule has 1 aliphatic carbocycles. The van der Waals surface area contributed by atoms with Crippen LogP contribution in [0.2, 0.25) is 0 Å². The highest BCUT2D eigenvalue weighted by atomic mass is 16.5. The molecule has 0 amide bonds. The summed E-state index contributed by atoms with van der Waals surface area (Å²) in [7, 11) is 0. The van der Waals surface area contributed by atoms with E-state index >= 15 is 0 Å². The number of carbonyl (C=O) groups excluding carboxylic acids is 1. The van der Waals surface area contributed by atoms with Crippen molar-refractivity contribution in [1.29, 1.82) is 0 Å². The minimum Gasteiger partial charge on any atom is -0.457 e. The van der Waals surface area contributed by atoms with Crippen LogP contribution in [0.4, 0.5) is 0 Å². The van der Waals surface area contributed by atoms with Crippen LogP contribution < -0.4 is 0 Å². The van der Waals surface area contributed by atoms with Gasteiger partial charge in [-0.05, 0) is 24.5 Å². The van der Waals surface area contributed by atoms with Gasteiger partial charge in [0.15, 0.2) is 0 Å². The molecule has 72 valence electrons. The molecule has 0 saturated carbocycles. The summed E-state index contributed by atoms with van der Waals surface area (Å²) < 4.78 is 4.99. The van der Waals surface area contributed by atoms with Gasteiger partial charge in [0.2, 0.25) is 0 Å². The fourth-order valence-corrected chi connectivity index (χ4v) is 1.35. The SMILES string of the molecule is CC(C)C1=CCC(C)(OC=O)C=C1. The lowest BCUT2D eigenvalue weighted by Gasteiger charge is -2.26. The van der Waals surface area contributed by atoms with E-state index in [-0.39, 0.29) is 0 Å². The van der Waals surface area contributed by atoms with E-state index in [1.54, 1.807) is 0 Å². The van der Waals surface area contributed by atoms with Crippen molar-refractivity contribution in [3.05, 3.63) is 23.8 Å². The number of hydrogen-bond donors (Lipinski definition) is 0. The molecule has 0 aliphatic heterocycles. The number of hydrogen-bond acceptors (Lipinski definition) is 2. The topological polar surface area (TPSA) is 26.3 Å². The van der Waals surface area contributed by atoms with Crippen molar-refractivity contribution < 1.29 is 9.53 Å². The van der Waals surface area contributed by atoms with Crippen LogP contribution in [-0.4, -0.2) is 12.1 Å². The molecule has 13 heavy (non-hydrogen) atoms. The van der Waals surface area contributed by atoms with Crippen LogP contribution in [0, 0.1) is 5.92 Å². The molecule has 1 atom stereocenters. The minimum absolute atomic E-state index is 0.430. The summed E-state index contributed by atoms with van der Waals surface area (Å²) in [6.45, 7) is 6.73. The molecule has 1 unspecified atom stereocenters. The summed E-state index contributed by atoms with van der Waals surface area (Å²) in [5.74, 6) is 0.539. The molecule has 0 N–H and O–H groups in total. The van der Waals surface area contributed by atoms with Gasteiger partial charge < -0.3 is 4.74 Å². The molecule has 0 fully saturated rings. The van der Waals surface area contributed by atoms with Gasteiger partial charge in [0, 0.05) is 6.42 Å². The number of carbonyl (C=O) groups is 1. The summed E-state index contributed by atoms with van der Waals surface area (Å²) in [5, 5.41) is 0. The fourth-order valence-electron chi connectivity index (χ4n) is 1.35. The zero-order valence-corrected chi connectivity index (χ0v) is 8.41. The normalized spacial score (nSPS) is 27.2. The largest absolute Gasteiger partial charge is 0.457 e. The highest BCUT2D eigenvalue weighted by Crippen LogP contribution is 2.26.